The molecule has 0 saturated carbocycles. The molecule has 3 rings (SSSR count). The Labute approximate surface area is 184 Å². The molecule has 0 bridgehead atoms. The van der Waals surface area contributed by atoms with E-state index < -0.39 is 0 Å². The van der Waals surface area contributed by atoms with Gasteiger partial charge in [-0.15, -0.1) is 0 Å². The van der Waals surface area contributed by atoms with Crippen LogP contribution < -0.4 is 9.47 Å². The Balaban J connectivity index is 1.67. The van der Waals surface area contributed by atoms with Crippen molar-refractivity contribution in [2.24, 2.45) is 5.92 Å². The minimum atomic E-state index is 0.0104. The van der Waals surface area contributed by atoms with Gasteiger partial charge in [-0.2, -0.15) is 0 Å². The summed E-state index contributed by atoms with van der Waals surface area (Å²) in [4.78, 5) is 29.9. The van der Waals surface area contributed by atoms with Crippen LogP contribution in [-0.4, -0.2) is 61.5 Å². The number of piperidine rings is 1. The fraction of sp³-hybridized carbons (Fsp3) is 0.440. The van der Waals surface area contributed by atoms with Crippen LogP contribution in [0.2, 0.25) is 0 Å². The van der Waals surface area contributed by atoms with Crippen molar-refractivity contribution in [3.63, 3.8) is 0 Å². The van der Waals surface area contributed by atoms with Gasteiger partial charge in [-0.1, -0.05) is 0 Å². The molecule has 1 aliphatic heterocycles. The van der Waals surface area contributed by atoms with Crippen molar-refractivity contribution < 1.29 is 19.1 Å². The minimum Gasteiger partial charge on any atom is -0.497 e. The highest BCUT2D eigenvalue weighted by Crippen LogP contribution is 2.23. The Morgan fingerprint density at radius 1 is 0.968 bits per heavy atom. The average Bonchev–Trinajstić information content (AvgIpc) is 2.81. The lowest BCUT2D eigenvalue weighted by Gasteiger charge is -2.37. The second kappa shape index (κ2) is 10.3. The number of methoxy groups -OCH3 is 2. The summed E-state index contributed by atoms with van der Waals surface area (Å²) in [5, 5.41) is 0. The number of hydrogen-bond donors (Lipinski definition) is 0. The summed E-state index contributed by atoms with van der Waals surface area (Å²) in [5.41, 5.74) is 1.31. The third kappa shape index (κ3) is 5.57. The van der Waals surface area contributed by atoms with E-state index in [4.69, 9.17) is 9.47 Å². The van der Waals surface area contributed by atoms with Crippen LogP contribution in [0.15, 0.2) is 48.5 Å². The molecule has 0 N–H and O–H groups in total. The molecule has 0 unspecified atom stereocenters. The quantitative estimate of drug-likeness (QED) is 0.671. The van der Waals surface area contributed by atoms with Gasteiger partial charge < -0.3 is 19.3 Å². The zero-order valence-corrected chi connectivity index (χ0v) is 18.8. The molecule has 1 atom stereocenters. The van der Waals surface area contributed by atoms with Gasteiger partial charge in [0.25, 0.3) is 11.8 Å². The van der Waals surface area contributed by atoms with Gasteiger partial charge in [0.2, 0.25) is 0 Å². The molecule has 0 radical (unpaired) electrons. The largest absolute Gasteiger partial charge is 0.497 e. The van der Waals surface area contributed by atoms with E-state index in [0.29, 0.717) is 24.2 Å². The van der Waals surface area contributed by atoms with Gasteiger partial charge >= 0.3 is 0 Å². The van der Waals surface area contributed by atoms with Crippen molar-refractivity contribution in [1.82, 2.24) is 9.80 Å². The number of nitrogens with zero attached hydrogens (tertiary/aromatic N) is 2. The maximum Gasteiger partial charge on any atom is 0.254 e. The van der Waals surface area contributed by atoms with Crippen LogP contribution in [0.25, 0.3) is 0 Å². The minimum absolute atomic E-state index is 0.0104. The summed E-state index contributed by atoms with van der Waals surface area (Å²) in [5.74, 6) is 1.76. The summed E-state index contributed by atoms with van der Waals surface area (Å²) >= 11 is 0. The van der Waals surface area contributed by atoms with E-state index in [1.54, 1.807) is 38.5 Å². The van der Waals surface area contributed by atoms with Gasteiger partial charge in [0.05, 0.1) is 14.2 Å². The van der Waals surface area contributed by atoms with Crippen molar-refractivity contribution in [2.75, 3.05) is 33.9 Å². The second-order valence-corrected chi connectivity index (χ2v) is 8.27. The van der Waals surface area contributed by atoms with Crippen LogP contribution in [0.4, 0.5) is 0 Å². The van der Waals surface area contributed by atoms with Gasteiger partial charge in [0.15, 0.2) is 0 Å². The molecule has 2 aromatic rings. The second-order valence-electron chi connectivity index (χ2n) is 8.27. The van der Waals surface area contributed by atoms with E-state index in [2.05, 4.69) is 0 Å². The Morgan fingerprint density at radius 3 is 2.03 bits per heavy atom. The van der Waals surface area contributed by atoms with Gasteiger partial charge in [0, 0.05) is 36.8 Å². The molecule has 1 fully saturated rings. The highest BCUT2D eigenvalue weighted by Gasteiger charge is 2.28. The highest BCUT2D eigenvalue weighted by molar-refractivity contribution is 5.95. The third-order valence-electron chi connectivity index (χ3n) is 5.82. The molecule has 1 aliphatic rings. The molecule has 2 amide bonds. The maximum atomic E-state index is 13.1. The predicted octanol–water partition coefficient (Wildman–Crippen LogP) is 4.11. The molecule has 166 valence electrons. The lowest BCUT2D eigenvalue weighted by molar-refractivity contribution is 0.0555. The van der Waals surface area contributed by atoms with E-state index in [9.17, 15) is 9.59 Å². The van der Waals surface area contributed by atoms with Crippen molar-refractivity contribution >= 4 is 11.8 Å². The first-order valence-corrected chi connectivity index (χ1v) is 10.8. The molecule has 6 nitrogen and oxygen atoms in total. The van der Waals surface area contributed by atoms with Gasteiger partial charge in [-0.3, -0.25) is 9.59 Å². The summed E-state index contributed by atoms with van der Waals surface area (Å²) in [7, 11) is 3.22. The molecule has 2 aromatic carbocycles. The zero-order chi connectivity index (χ0) is 22.4. The van der Waals surface area contributed by atoms with E-state index in [1.165, 1.54) is 0 Å². The monoisotopic (exact) mass is 424 g/mol. The molecule has 0 spiro atoms. The Hall–Kier alpha value is -3.02. The van der Waals surface area contributed by atoms with Crippen LogP contribution >= 0.6 is 0 Å². The van der Waals surface area contributed by atoms with Crippen molar-refractivity contribution in [1.29, 1.82) is 0 Å². The third-order valence-corrected chi connectivity index (χ3v) is 5.82. The number of amides is 2. The van der Waals surface area contributed by atoms with E-state index in [0.717, 1.165) is 30.9 Å². The van der Waals surface area contributed by atoms with Crippen LogP contribution in [0, 0.1) is 5.92 Å². The first kappa shape index (κ1) is 22.7. The smallest absolute Gasteiger partial charge is 0.254 e. The number of likely N-dealkylation sites (tertiary alicyclic amines) is 1. The van der Waals surface area contributed by atoms with Crippen LogP contribution in [0.1, 0.15) is 47.4 Å². The van der Waals surface area contributed by atoms with E-state index in [1.807, 2.05) is 47.9 Å². The Kier molecular flexibility index (Phi) is 7.55. The van der Waals surface area contributed by atoms with Crippen molar-refractivity contribution in [2.45, 2.75) is 32.7 Å². The molecule has 1 saturated heterocycles. The van der Waals surface area contributed by atoms with Gasteiger partial charge in [-0.05, 0) is 81.1 Å². The normalized spacial score (nSPS) is 16.2. The van der Waals surface area contributed by atoms with Gasteiger partial charge in [0.1, 0.15) is 11.5 Å². The lowest BCUT2D eigenvalue weighted by atomic mass is 9.95. The maximum absolute atomic E-state index is 13.1. The van der Waals surface area contributed by atoms with E-state index >= 15 is 0 Å². The SMILES string of the molecule is COc1ccc(C(=O)N2CCC[C@@H](CN(C(=O)c3ccc(OC)cc3)C(C)C)C2)cc1. The summed E-state index contributed by atoms with van der Waals surface area (Å²) < 4.78 is 10.4. The van der Waals surface area contributed by atoms with Crippen LogP contribution in [0.5, 0.6) is 11.5 Å². The molecule has 6 heteroatoms. The Bertz CT molecular complexity index is 877. The molecule has 0 aromatic heterocycles. The predicted molar refractivity (Wildman–Crippen MR) is 121 cm³/mol. The van der Waals surface area contributed by atoms with Crippen molar-refractivity contribution in [3.05, 3.63) is 59.7 Å². The highest BCUT2D eigenvalue weighted by atomic mass is 16.5. The molecular weight excluding hydrogens is 392 g/mol. The van der Waals surface area contributed by atoms with Crippen LogP contribution in [-0.2, 0) is 0 Å². The standard InChI is InChI=1S/C25H32N2O4/c1-18(2)27(25(29)21-9-13-23(31-4)14-10-21)17-19-6-5-15-26(16-19)24(28)20-7-11-22(30-3)12-8-20/h7-14,18-19H,5-6,15-17H2,1-4H3/t19-/m1/s1. The lowest BCUT2D eigenvalue weighted by Crippen LogP contribution is -2.47. The topological polar surface area (TPSA) is 59.1 Å². The fourth-order valence-electron chi connectivity index (χ4n) is 4.02. The number of rotatable bonds is 7. The summed E-state index contributed by atoms with van der Waals surface area (Å²) in [6.45, 7) is 6.10. The van der Waals surface area contributed by atoms with E-state index in [-0.39, 0.29) is 23.8 Å². The average molecular weight is 425 g/mol. The number of carbonyl (C=O) groups is 2. The molecule has 0 aliphatic carbocycles. The number of ether oxygens (including phenoxy) is 2. The molecule has 31 heavy (non-hydrogen) atoms. The zero-order valence-electron chi connectivity index (χ0n) is 18.8. The first-order valence-electron chi connectivity index (χ1n) is 10.8. The van der Waals surface area contributed by atoms with Crippen LogP contribution in [0.3, 0.4) is 0 Å². The summed E-state index contributed by atoms with van der Waals surface area (Å²) in [6.07, 6.45) is 1.95. The number of carbonyl (C=O) groups excluding carboxylic acids is 2. The first-order chi connectivity index (χ1) is 14.9. The number of benzene rings is 2. The van der Waals surface area contributed by atoms with Gasteiger partial charge in [-0.25, -0.2) is 0 Å². The van der Waals surface area contributed by atoms with Crippen molar-refractivity contribution in [3.8, 4) is 11.5 Å². The Morgan fingerprint density at radius 2 is 1.52 bits per heavy atom. The molecular formula is C25H32N2O4. The molecule has 1 heterocycles. The summed E-state index contributed by atoms with van der Waals surface area (Å²) in [6, 6.07) is 14.5. The fourth-order valence-corrected chi connectivity index (χ4v) is 4.02. The number of hydrogen-bond acceptors (Lipinski definition) is 4.